The molecule has 1 saturated heterocycles. The number of halogens is 1. The molecule has 1 fully saturated rings. The highest BCUT2D eigenvalue weighted by Crippen LogP contribution is 2.25. The van der Waals surface area contributed by atoms with Gasteiger partial charge in [-0.3, -0.25) is 14.7 Å². The summed E-state index contributed by atoms with van der Waals surface area (Å²) in [6.45, 7) is 4.17. The fraction of sp³-hybridized carbons (Fsp3) is 0.400. The molecule has 7 nitrogen and oxygen atoms in total. The van der Waals surface area contributed by atoms with Crippen molar-refractivity contribution >= 4 is 5.91 Å². The molecular weight excluding hydrogens is 421 g/mol. The standard InChI is InChI=1S/C25H30FN5O2/c26-23-3-1-4-24(14-23)33-18-21-13-22(17-31(16-21)15-20-5-8-27-9-6-20)25(32)29-7-2-11-30-12-10-28-19-30/h1,3-6,8-10,12,14,19,21-22H,2,7,11,13,15-18H2,(H,29,32)/t21-,22+/m0/s1. The first kappa shape index (κ1) is 22.9. The van der Waals surface area contributed by atoms with E-state index in [1.165, 1.54) is 12.1 Å². The molecular formula is C25H30FN5O2. The van der Waals surface area contributed by atoms with E-state index in [9.17, 15) is 9.18 Å². The summed E-state index contributed by atoms with van der Waals surface area (Å²) >= 11 is 0. The van der Waals surface area contributed by atoms with E-state index in [2.05, 4.69) is 20.2 Å². The molecule has 4 rings (SSSR count). The number of ether oxygens (including phenoxy) is 1. The summed E-state index contributed by atoms with van der Waals surface area (Å²) < 4.78 is 21.4. The molecule has 0 bridgehead atoms. The number of nitrogens with zero attached hydrogens (tertiary/aromatic N) is 4. The van der Waals surface area contributed by atoms with E-state index in [-0.39, 0.29) is 23.6 Å². The fourth-order valence-electron chi connectivity index (χ4n) is 4.30. The lowest BCUT2D eigenvalue weighted by atomic mass is 9.88. The molecule has 8 heteroatoms. The number of hydrogen-bond acceptors (Lipinski definition) is 5. The van der Waals surface area contributed by atoms with Crippen LogP contribution in [-0.4, -0.2) is 51.6 Å². The van der Waals surface area contributed by atoms with Gasteiger partial charge in [-0.2, -0.15) is 0 Å². The Morgan fingerprint density at radius 2 is 2.03 bits per heavy atom. The average Bonchev–Trinajstić information content (AvgIpc) is 3.35. The van der Waals surface area contributed by atoms with Gasteiger partial charge >= 0.3 is 0 Å². The fourth-order valence-corrected chi connectivity index (χ4v) is 4.30. The molecule has 1 aliphatic rings. The summed E-state index contributed by atoms with van der Waals surface area (Å²) in [7, 11) is 0. The third-order valence-electron chi connectivity index (χ3n) is 5.87. The lowest BCUT2D eigenvalue weighted by Crippen LogP contribution is -2.47. The lowest BCUT2D eigenvalue weighted by Gasteiger charge is -2.37. The highest BCUT2D eigenvalue weighted by molar-refractivity contribution is 5.79. The molecule has 3 heterocycles. The van der Waals surface area contributed by atoms with Crippen molar-refractivity contribution in [1.82, 2.24) is 24.8 Å². The molecule has 174 valence electrons. The topological polar surface area (TPSA) is 72.3 Å². The van der Waals surface area contributed by atoms with Gasteiger partial charge in [-0.1, -0.05) is 6.07 Å². The highest BCUT2D eigenvalue weighted by atomic mass is 19.1. The zero-order valence-electron chi connectivity index (χ0n) is 18.6. The van der Waals surface area contributed by atoms with Crippen LogP contribution in [0.3, 0.4) is 0 Å². The highest BCUT2D eigenvalue weighted by Gasteiger charge is 2.32. The molecule has 0 saturated carbocycles. The second-order valence-corrected chi connectivity index (χ2v) is 8.56. The van der Waals surface area contributed by atoms with Crippen molar-refractivity contribution in [2.75, 3.05) is 26.2 Å². The summed E-state index contributed by atoms with van der Waals surface area (Å²) in [5, 5.41) is 3.10. The van der Waals surface area contributed by atoms with Crippen LogP contribution in [0, 0.1) is 17.7 Å². The van der Waals surface area contributed by atoms with E-state index < -0.39 is 0 Å². The van der Waals surface area contributed by atoms with Gasteiger partial charge in [0.05, 0.1) is 18.9 Å². The summed E-state index contributed by atoms with van der Waals surface area (Å²) in [4.78, 5) is 23.4. The maximum Gasteiger partial charge on any atom is 0.224 e. The number of carbonyl (C=O) groups is 1. The van der Waals surface area contributed by atoms with Gasteiger partial charge in [0.2, 0.25) is 5.91 Å². The van der Waals surface area contributed by atoms with Crippen molar-refractivity contribution in [3.8, 4) is 5.75 Å². The number of imidazole rings is 1. The van der Waals surface area contributed by atoms with Gasteiger partial charge in [0.15, 0.2) is 0 Å². The molecule has 33 heavy (non-hydrogen) atoms. The van der Waals surface area contributed by atoms with Crippen LogP contribution in [0.2, 0.25) is 0 Å². The van der Waals surface area contributed by atoms with Gasteiger partial charge in [0.25, 0.3) is 0 Å². The first-order valence-corrected chi connectivity index (χ1v) is 11.4. The number of aromatic nitrogens is 3. The number of carbonyl (C=O) groups excluding carboxylic acids is 1. The van der Waals surface area contributed by atoms with Crippen LogP contribution < -0.4 is 10.1 Å². The Hall–Kier alpha value is -3.26. The second kappa shape index (κ2) is 11.6. The van der Waals surface area contributed by atoms with Crippen LogP contribution in [-0.2, 0) is 17.9 Å². The van der Waals surface area contributed by atoms with Crippen LogP contribution in [0.5, 0.6) is 5.75 Å². The predicted octanol–water partition coefficient (Wildman–Crippen LogP) is 3.14. The number of aryl methyl sites for hydroxylation is 1. The minimum atomic E-state index is -0.316. The number of amides is 1. The first-order chi connectivity index (χ1) is 16.2. The second-order valence-electron chi connectivity index (χ2n) is 8.56. The Morgan fingerprint density at radius 1 is 1.15 bits per heavy atom. The van der Waals surface area contributed by atoms with Gasteiger partial charge in [-0.25, -0.2) is 9.37 Å². The normalized spacial score (nSPS) is 18.7. The summed E-state index contributed by atoms with van der Waals surface area (Å²) in [5.74, 6) is 0.335. The summed E-state index contributed by atoms with van der Waals surface area (Å²) in [6.07, 6.45) is 10.6. The maximum atomic E-state index is 13.5. The number of pyridine rings is 1. The van der Waals surface area contributed by atoms with E-state index in [0.717, 1.165) is 38.0 Å². The predicted molar refractivity (Wildman–Crippen MR) is 123 cm³/mol. The molecule has 2 aromatic heterocycles. The van der Waals surface area contributed by atoms with Crippen molar-refractivity contribution in [3.05, 3.63) is 78.9 Å². The van der Waals surface area contributed by atoms with Crippen LogP contribution >= 0.6 is 0 Å². The van der Waals surface area contributed by atoms with Gasteiger partial charge in [0, 0.05) is 69.5 Å². The molecule has 1 aliphatic heterocycles. The maximum absolute atomic E-state index is 13.5. The SMILES string of the molecule is O=C(NCCCn1ccnc1)[C@@H]1C[C@H](COc2cccc(F)c2)CN(Cc2ccncc2)C1. The Bertz CT molecular complexity index is 999. The minimum absolute atomic E-state index is 0.0795. The Kier molecular flexibility index (Phi) is 8.03. The largest absolute Gasteiger partial charge is 0.493 e. The molecule has 0 spiro atoms. The molecule has 1 aromatic carbocycles. The van der Waals surface area contributed by atoms with Crippen LogP contribution in [0.1, 0.15) is 18.4 Å². The van der Waals surface area contributed by atoms with Crippen molar-refractivity contribution in [2.45, 2.75) is 25.9 Å². The van der Waals surface area contributed by atoms with Crippen molar-refractivity contribution in [3.63, 3.8) is 0 Å². The van der Waals surface area contributed by atoms with Gasteiger partial charge in [-0.15, -0.1) is 0 Å². The van der Waals surface area contributed by atoms with E-state index in [0.29, 0.717) is 25.4 Å². The molecule has 0 radical (unpaired) electrons. The third-order valence-corrected chi connectivity index (χ3v) is 5.87. The van der Waals surface area contributed by atoms with E-state index in [1.807, 2.05) is 22.9 Å². The van der Waals surface area contributed by atoms with Crippen molar-refractivity contribution in [1.29, 1.82) is 0 Å². The quantitative estimate of drug-likeness (QED) is 0.480. The van der Waals surface area contributed by atoms with Crippen molar-refractivity contribution in [2.24, 2.45) is 11.8 Å². The first-order valence-electron chi connectivity index (χ1n) is 11.4. The van der Waals surface area contributed by atoms with Crippen LogP contribution in [0.4, 0.5) is 4.39 Å². The monoisotopic (exact) mass is 451 g/mol. The number of rotatable bonds is 10. The number of nitrogens with one attached hydrogen (secondary N) is 1. The zero-order chi connectivity index (χ0) is 22.9. The number of benzene rings is 1. The molecule has 1 N–H and O–H groups in total. The number of piperidine rings is 1. The van der Waals surface area contributed by atoms with Crippen molar-refractivity contribution < 1.29 is 13.9 Å². The zero-order valence-corrected chi connectivity index (χ0v) is 18.6. The summed E-state index contributed by atoms with van der Waals surface area (Å²) in [5.41, 5.74) is 1.16. The molecule has 2 atom stereocenters. The Labute approximate surface area is 193 Å². The summed E-state index contributed by atoms with van der Waals surface area (Å²) in [6, 6.07) is 10.2. The van der Waals surface area contributed by atoms with E-state index in [1.54, 1.807) is 37.1 Å². The van der Waals surface area contributed by atoms with Gasteiger partial charge in [-0.05, 0) is 42.7 Å². The van der Waals surface area contributed by atoms with E-state index in [4.69, 9.17) is 4.74 Å². The van der Waals surface area contributed by atoms with Crippen LogP contribution in [0.25, 0.3) is 0 Å². The van der Waals surface area contributed by atoms with Gasteiger partial charge in [0.1, 0.15) is 11.6 Å². The molecule has 0 aliphatic carbocycles. The third kappa shape index (κ3) is 7.12. The van der Waals surface area contributed by atoms with Crippen LogP contribution in [0.15, 0.2) is 67.5 Å². The molecule has 1 amide bonds. The molecule has 0 unspecified atom stereocenters. The molecule has 3 aromatic rings. The number of hydrogen-bond donors (Lipinski definition) is 1. The van der Waals surface area contributed by atoms with Gasteiger partial charge < -0.3 is 14.6 Å². The number of likely N-dealkylation sites (tertiary alicyclic amines) is 1. The smallest absolute Gasteiger partial charge is 0.224 e. The minimum Gasteiger partial charge on any atom is -0.493 e. The average molecular weight is 452 g/mol. The Morgan fingerprint density at radius 3 is 2.82 bits per heavy atom. The Balaban J connectivity index is 1.33. The lowest BCUT2D eigenvalue weighted by molar-refractivity contribution is -0.127. The van der Waals surface area contributed by atoms with E-state index >= 15 is 0 Å².